The summed E-state index contributed by atoms with van der Waals surface area (Å²) in [4.78, 5) is 0. The molecule has 0 aromatic heterocycles. The van der Waals surface area contributed by atoms with Gasteiger partial charge in [0.25, 0.3) is 0 Å². The van der Waals surface area contributed by atoms with Crippen LogP contribution in [0.2, 0.25) is 0 Å². The van der Waals surface area contributed by atoms with Crippen molar-refractivity contribution in [3.05, 3.63) is 36.5 Å². The van der Waals surface area contributed by atoms with Gasteiger partial charge >= 0.3 is 0 Å². The summed E-state index contributed by atoms with van der Waals surface area (Å²) in [7, 11) is 0. The van der Waals surface area contributed by atoms with E-state index in [9.17, 15) is 0 Å². The van der Waals surface area contributed by atoms with E-state index in [-0.39, 0.29) is 5.41 Å². The van der Waals surface area contributed by atoms with Crippen molar-refractivity contribution in [1.82, 2.24) is 0 Å². The van der Waals surface area contributed by atoms with Crippen LogP contribution in [0, 0.1) is 17.3 Å². The van der Waals surface area contributed by atoms with E-state index in [0.717, 1.165) is 11.8 Å². The fraction of sp³-hybridized carbons (Fsp3) is 0.647. The van der Waals surface area contributed by atoms with Gasteiger partial charge < -0.3 is 0 Å². The fourth-order valence-corrected chi connectivity index (χ4v) is 3.63. The summed E-state index contributed by atoms with van der Waals surface area (Å²) >= 11 is 0. The van der Waals surface area contributed by atoms with Crippen molar-refractivity contribution in [1.29, 1.82) is 0 Å². The normalized spacial score (nSPS) is 27.3. The first-order valence-electron chi connectivity index (χ1n) is 6.91. The fourth-order valence-electron chi connectivity index (χ4n) is 3.63. The lowest BCUT2D eigenvalue weighted by atomic mass is 9.62. The van der Waals surface area contributed by atoms with Crippen LogP contribution in [-0.2, 0) is 0 Å². The second kappa shape index (κ2) is 5.71. The van der Waals surface area contributed by atoms with Gasteiger partial charge in [0.05, 0.1) is 0 Å². The summed E-state index contributed by atoms with van der Waals surface area (Å²) in [6, 6.07) is 0. The van der Waals surface area contributed by atoms with Crippen LogP contribution >= 0.6 is 0 Å². The molecule has 2 unspecified atom stereocenters. The Kier molecular flexibility index (Phi) is 4.80. The molecule has 1 saturated carbocycles. The van der Waals surface area contributed by atoms with E-state index < -0.39 is 0 Å². The van der Waals surface area contributed by atoms with Crippen molar-refractivity contribution in [3.8, 4) is 0 Å². The maximum atomic E-state index is 4.01. The third-order valence-corrected chi connectivity index (χ3v) is 4.67. The summed E-state index contributed by atoms with van der Waals surface area (Å²) in [5.74, 6) is 1.60. The summed E-state index contributed by atoms with van der Waals surface area (Å²) in [6.45, 7) is 17.2. The Morgan fingerprint density at radius 3 is 2.18 bits per heavy atom. The van der Waals surface area contributed by atoms with Gasteiger partial charge in [-0.15, -0.1) is 0 Å². The van der Waals surface area contributed by atoms with Crippen LogP contribution < -0.4 is 0 Å². The molecule has 2 atom stereocenters. The lowest BCUT2D eigenvalue weighted by molar-refractivity contribution is 0.135. The van der Waals surface area contributed by atoms with E-state index in [1.54, 1.807) is 0 Å². The maximum Gasteiger partial charge on any atom is -0.00704 e. The zero-order valence-corrected chi connectivity index (χ0v) is 12.1. The minimum absolute atomic E-state index is 0.222. The first-order chi connectivity index (χ1) is 7.95. The molecule has 0 bridgehead atoms. The van der Waals surface area contributed by atoms with Crippen LogP contribution in [0.3, 0.4) is 0 Å². The van der Waals surface area contributed by atoms with E-state index >= 15 is 0 Å². The third-order valence-electron chi connectivity index (χ3n) is 4.67. The lowest BCUT2D eigenvalue weighted by Gasteiger charge is -2.43. The molecule has 0 radical (unpaired) electrons. The SMILES string of the molecule is C=C/C(C)=C(\C=C)C(C)(C)C1CCCCC1C. The number of hydrogen-bond acceptors (Lipinski definition) is 0. The molecule has 96 valence electrons. The van der Waals surface area contributed by atoms with Crippen LogP contribution in [0.1, 0.15) is 53.4 Å². The molecule has 0 heterocycles. The minimum atomic E-state index is 0.222. The van der Waals surface area contributed by atoms with Gasteiger partial charge in [-0.05, 0) is 41.7 Å². The highest BCUT2D eigenvalue weighted by Gasteiger charge is 2.37. The molecule has 0 heteroatoms. The molecular weight excluding hydrogens is 204 g/mol. The van der Waals surface area contributed by atoms with Crippen molar-refractivity contribution in [2.75, 3.05) is 0 Å². The van der Waals surface area contributed by atoms with Crippen molar-refractivity contribution < 1.29 is 0 Å². The predicted octanol–water partition coefficient (Wildman–Crippen LogP) is 5.53. The van der Waals surface area contributed by atoms with Crippen LogP contribution in [0.25, 0.3) is 0 Å². The van der Waals surface area contributed by atoms with Crippen molar-refractivity contribution in [2.45, 2.75) is 53.4 Å². The molecule has 0 aliphatic heterocycles. The van der Waals surface area contributed by atoms with E-state index in [1.165, 1.54) is 36.8 Å². The second-order valence-corrected chi connectivity index (χ2v) is 6.09. The van der Waals surface area contributed by atoms with Gasteiger partial charge in [-0.3, -0.25) is 0 Å². The van der Waals surface area contributed by atoms with Crippen LogP contribution in [0.15, 0.2) is 36.5 Å². The van der Waals surface area contributed by atoms with Gasteiger partial charge in [0.2, 0.25) is 0 Å². The predicted molar refractivity (Wildman–Crippen MR) is 78.0 cm³/mol. The Bertz CT molecular complexity index is 317. The molecule has 0 aromatic rings. The van der Waals surface area contributed by atoms with Gasteiger partial charge in [-0.25, -0.2) is 0 Å². The zero-order valence-electron chi connectivity index (χ0n) is 12.1. The van der Waals surface area contributed by atoms with Crippen LogP contribution in [-0.4, -0.2) is 0 Å². The molecule has 0 amide bonds. The Balaban J connectivity index is 3.07. The number of allylic oxidation sites excluding steroid dienone is 4. The van der Waals surface area contributed by atoms with Crippen LogP contribution in [0.5, 0.6) is 0 Å². The molecule has 1 rings (SSSR count). The summed E-state index contributed by atoms with van der Waals surface area (Å²) < 4.78 is 0. The van der Waals surface area contributed by atoms with Crippen molar-refractivity contribution in [3.63, 3.8) is 0 Å². The topological polar surface area (TPSA) is 0 Å². The molecule has 0 aromatic carbocycles. The van der Waals surface area contributed by atoms with Crippen molar-refractivity contribution >= 4 is 0 Å². The standard InChI is InChI=1S/C17H28/c1-7-13(3)15(8-2)17(5,6)16-12-10-9-11-14(16)4/h7-8,14,16H,1-2,9-12H2,3-6H3/b15-13+. The second-order valence-electron chi connectivity index (χ2n) is 6.09. The number of hydrogen-bond donors (Lipinski definition) is 0. The number of rotatable bonds is 4. The van der Waals surface area contributed by atoms with Gasteiger partial charge in [0, 0.05) is 0 Å². The molecule has 0 nitrogen and oxygen atoms in total. The Hall–Kier alpha value is -0.780. The highest BCUT2D eigenvalue weighted by molar-refractivity contribution is 5.35. The first kappa shape index (κ1) is 14.3. The Labute approximate surface area is 108 Å². The average Bonchev–Trinajstić information content (AvgIpc) is 2.29. The molecular formula is C17H28. The summed E-state index contributed by atoms with van der Waals surface area (Å²) in [6.07, 6.45) is 9.53. The average molecular weight is 232 g/mol. The molecule has 1 fully saturated rings. The quantitative estimate of drug-likeness (QED) is 0.559. The molecule has 0 spiro atoms. The highest BCUT2D eigenvalue weighted by Crippen LogP contribution is 2.47. The molecule has 17 heavy (non-hydrogen) atoms. The zero-order chi connectivity index (χ0) is 13.1. The third kappa shape index (κ3) is 2.91. The van der Waals surface area contributed by atoms with Gasteiger partial charge in [-0.1, -0.05) is 65.3 Å². The smallest absolute Gasteiger partial charge is 0.00704 e. The van der Waals surface area contributed by atoms with Gasteiger partial charge in [-0.2, -0.15) is 0 Å². The molecule has 1 aliphatic rings. The Morgan fingerprint density at radius 1 is 1.12 bits per heavy atom. The maximum absolute atomic E-state index is 4.01. The van der Waals surface area contributed by atoms with E-state index in [0.29, 0.717) is 0 Å². The largest absolute Gasteiger partial charge is 0.0988 e. The van der Waals surface area contributed by atoms with E-state index in [2.05, 4.69) is 40.9 Å². The molecule has 0 saturated heterocycles. The highest BCUT2D eigenvalue weighted by atomic mass is 14.4. The Morgan fingerprint density at radius 2 is 1.71 bits per heavy atom. The molecule has 0 N–H and O–H groups in total. The van der Waals surface area contributed by atoms with E-state index in [4.69, 9.17) is 0 Å². The molecule has 1 aliphatic carbocycles. The van der Waals surface area contributed by atoms with Crippen LogP contribution in [0.4, 0.5) is 0 Å². The van der Waals surface area contributed by atoms with Gasteiger partial charge in [0.1, 0.15) is 0 Å². The van der Waals surface area contributed by atoms with Gasteiger partial charge in [0.15, 0.2) is 0 Å². The summed E-state index contributed by atoms with van der Waals surface area (Å²) in [5, 5.41) is 0. The van der Waals surface area contributed by atoms with E-state index in [1.807, 2.05) is 12.2 Å². The minimum Gasteiger partial charge on any atom is -0.0988 e. The first-order valence-corrected chi connectivity index (χ1v) is 6.91. The summed E-state index contributed by atoms with van der Waals surface area (Å²) in [5.41, 5.74) is 2.88. The van der Waals surface area contributed by atoms with Crippen molar-refractivity contribution in [2.24, 2.45) is 17.3 Å². The lowest BCUT2D eigenvalue weighted by Crippen LogP contribution is -2.33. The monoisotopic (exact) mass is 232 g/mol.